The van der Waals surface area contributed by atoms with Crippen LogP contribution in [0, 0.1) is 5.92 Å². The van der Waals surface area contributed by atoms with Gasteiger partial charge in [-0.3, -0.25) is 4.90 Å². The molecule has 2 fully saturated rings. The number of nitrogens with zero attached hydrogens (tertiary/aromatic N) is 10. The maximum absolute atomic E-state index is 12.7. The molecular formula is C43H48Cl6N10O4. The third-order valence-corrected chi connectivity index (χ3v) is 12.6. The molecule has 6 aromatic rings. The van der Waals surface area contributed by atoms with Gasteiger partial charge in [0.25, 0.3) is 0 Å². The van der Waals surface area contributed by atoms with E-state index in [1.54, 1.807) is 59.7 Å². The highest BCUT2D eigenvalue weighted by molar-refractivity contribution is 6.35. The first-order valence-corrected chi connectivity index (χ1v) is 22.6. The minimum atomic E-state index is -0.572. The van der Waals surface area contributed by atoms with E-state index in [4.69, 9.17) is 72.5 Å². The average molecular weight is 982 g/mol. The Bertz CT molecular complexity index is 2590. The number of ether oxygens (including phenoxy) is 2. The molecule has 6 heterocycles. The number of benzene rings is 2. The number of halogens is 6. The molecule has 20 heteroatoms. The van der Waals surface area contributed by atoms with Crippen LogP contribution >= 0.6 is 70.4 Å². The number of carbonyl (C=O) groups is 2. The number of carbonyl (C=O) groups excluding carboxylic acids is 2. The predicted molar refractivity (Wildman–Crippen MR) is 251 cm³/mol. The first kappa shape index (κ1) is 48.4. The van der Waals surface area contributed by atoms with Gasteiger partial charge in [0.1, 0.15) is 22.0 Å². The summed E-state index contributed by atoms with van der Waals surface area (Å²) in [6.07, 6.45) is 8.17. The number of hydrogen-bond acceptors (Lipinski definition) is 12. The largest absolute Gasteiger partial charge is 0.461 e. The molecule has 2 aromatic carbocycles. The van der Waals surface area contributed by atoms with Gasteiger partial charge in [0.15, 0.2) is 22.7 Å². The Hall–Kier alpha value is -4.02. The summed E-state index contributed by atoms with van der Waals surface area (Å²) in [7, 11) is 0. The molecule has 0 radical (unpaired) electrons. The molecule has 0 saturated carbocycles. The van der Waals surface area contributed by atoms with Crippen LogP contribution in [-0.4, -0.2) is 102 Å². The lowest BCUT2D eigenvalue weighted by Crippen LogP contribution is -2.51. The fourth-order valence-corrected chi connectivity index (χ4v) is 9.49. The van der Waals surface area contributed by atoms with Gasteiger partial charge < -0.3 is 14.4 Å². The number of piperidine rings is 2. The van der Waals surface area contributed by atoms with Crippen LogP contribution in [0.2, 0.25) is 25.2 Å². The zero-order valence-electron chi connectivity index (χ0n) is 35.4. The van der Waals surface area contributed by atoms with Crippen LogP contribution in [0.1, 0.15) is 104 Å². The number of esters is 2. The minimum absolute atomic E-state index is 0. The van der Waals surface area contributed by atoms with E-state index in [-0.39, 0.29) is 54.2 Å². The molecule has 2 saturated heterocycles. The molecule has 0 N–H and O–H groups in total. The van der Waals surface area contributed by atoms with Gasteiger partial charge in [-0.2, -0.15) is 10.2 Å². The Morgan fingerprint density at radius 2 is 1.24 bits per heavy atom. The molecule has 0 aliphatic carbocycles. The lowest BCUT2D eigenvalue weighted by Gasteiger charge is -2.44. The van der Waals surface area contributed by atoms with E-state index in [0.717, 1.165) is 36.5 Å². The van der Waals surface area contributed by atoms with Gasteiger partial charge in [-0.15, -0.1) is 12.4 Å². The first-order valence-electron chi connectivity index (χ1n) is 20.7. The topological polar surface area (TPSA) is 146 Å². The van der Waals surface area contributed by atoms with Crippen molar-refractivity contribution >= 4 is 110 Å². The third-order valence-electron chi connectivity index (χ3n) is 11.3. The van der Waals surface area contributed by atoms with E-state index in [9.17, 15) is 9.59 Å². The SMILES string of the molecule is CCOC(=O)c1nn(C(C)c2ccc(Cl)cc2Cl)c2nc(Cl)cnc12.CCOC(=O)c1nn(C(C)c2ccc(Cl)cc2Cl)c2nc(N3CCC(N4CCCCC4)C(C)C3)cnc12.Cl. The Balaban J connectivity index is 0.000000222. The summed E-state index contributed by atoms with van der Waals surface area (Å²) in [5.74, 6) is 0.231. The van der Waals surface area contributed by atoms with Gasteiger partial charge in [-0.05, 0) is 101 Å². The molecule has 8 rings (SSSR count). The second-order valence-corrected chi connectivity index (χ2v) is 17.4. The van der Waals surface area contributed by atoms with E-state index in [0.29, 0.717) is 54.4 Å². The molecule has 0 bridgehead atoms. The molecule has 14 nitrogen and oxygen atoms in total. The molecule has 4 unspecified atom stereocenters. The smallest absolute Gasteiger partial charge is 0.361 e. The summed E-state index contributed by atoms with van der Waals surface area (Å²) < 4.78 is 13.6. The molecule has 4 atom stereocenters. The zero-order chi connectivity index (χ0) is 44.2. The van der Waals surface area contributed by atoms with Crippen LogP contribution in [0.3, 0.4) is 0 Å². The molecule has 4 aromatic heterocycles. The summed E-state index contributed by atoms with van der Waals surface area (Å²) in [6, 6.07) is 10.5. The van der Waals surface area contributed by atoms with Crippen molar-refractivity contribution in [2.75, 3.05) is 44.3 Å². The Kier molecular flexibility index (Phi) is 16.4. The summed E-state index contributed by atoms with van der Waals surface area (Å²) in [5.41, 5.74) is 3.48. The van der Waals surface area contributed by atoms with Crippen LogP contribution in [0.5, 0.6) is 0 Å². The van der Waals surface area contributed by atoms with Crippen LogP contribution < -0.4 is 4.90 Å². The van der Waals surface area contributed by atoms with Crippen LogP contribution in [-0.2, 0) is 9.47 Å². The fraction of sp³-hybridized carbons (Fsp3) is 0.442. The van der Waals surface area contributed by atoms with Crippen molar-refractivity contribution in [3.8, 4) is 0 Å². The number of fused-ring (bicyclic) bond motifs is 2. The van der Waals surface area contributed by atoms with E-state index in [1.165, 1.54) is 38.5 Å². The Morgan fingerprint density at radius 1 is 0.730 bits per heavy atom. The maximum Gasteiger partial charge on any atom is 0.361 e. The second kappa shape index (κ2) is 21.3. The zero-order valence-corrected chi connectivity index (χ0v) is 40.0. The maximum atomic E-state index is 12.7. The molecule has 63 heavy (non-hydrogen) atoms. The summed E-state index contributed by atoms with van der Waals surface area (Å²) in [4.78, 5) is 48.0. The first-order chi connectivity index (χ1) is 29.8. The van der Waals surface area contributed by atoms with Crippen molar-refractivity contribution in [1.82, 2.24) is 44.4 Å². The van der Waals surface area contributed by atoms with E-state index in [2.05, 4.69) is 41.9 Å². The molecule has 0 amide bonds. The quantitative estimate of drug-likeness (QED) is 0.120. The minimum Gasteiger partial charge on any atom is -0.461 e. The Labute approximate surface area is 396 Å². The van der Waals surface area contributed by atoms with Crippen LogP contribution in [0.25, 0.3) is 22.3 Å². The standard InChI is InChI=1S/C27H34Cl2N6O2.C16H13Cl3N4O2.ClH/c1-4-37-27(36)25-24-26(35(32-25)18(3)20-9-8-19(28)14-21(20)29)31-23(15-30-24)34-13-10-22(17(2)16-34)33-11-6-5-7-12-33;1-3-25-16(24)14-13-15(21-12(19)7-20-13)23(22-14)8(2)10-5-4-9(17)6-11(10)18;/h8-9,14-15,17-18,22H,4-7,10-13,16H2,1-3H3;4-8H,3H2,1-2H3;1H. The monoisotopic (exact) mass is 978 g/mol. The molecular weight excluding hydrogens is 933 g/mol. The highest BCUT2D eigenvalue weighted by Crippen LogP contribution is 2.34. The van der Waals surface area contributed by atoms with Crippen molar-refractivity contribution in [2.45, 2.75) is 78.4 Å². The number of hydrogen-bond donors (Lipinski definition) is 0. The lowest BCUT2D eigenvalue weighted by atomic mass is 9.91. The number of likely N-dealkylation sites (tertiary alicyclic amines) is 1. The summed E-state index contributed by atoms with van der Waals surface area (Å²) in [5, 5.41) is 11.3. The summed E-state index contributed by atoms with van der Waals surface area (Å²) >= 11 is 30.9. The fourth-order valence-electron chi connectivity index (χ4n) is 8.23. The lowest BCUT2D eigenvalue weighted by molar-refractivity contribution is 0.0510. The van der Waals surface area contributed by atoms with Crippen molar-refractivity contribution in [3.63, 3.8) is 0 Å². The molecule has 2 aliphatic rings. The highest BCUT2D eigenvalue weighted by atomic mass is 35.5. The van der Waals surface area contributed by atoms with Gasteiger partial charge in [0.2, 0.25) is 0 Å². The van der Waals surface area contributed by atoms with Gasteiger partial charge >= 0.3 is 11.9 Å². The molecule has 0 spiro atoms. The normalized spacial score (nSPS) is 17.7. The van der Waals surface area contributed by atoms with Crippen LogP contribution in [0.15, 0.2) is 48.8 Å². The van der Waals surface area contributed by atoms with Crippen molar-refractivity contribution < 1.29 is 19.1 Å². The Morgan fingerprint density at radius 3 is 1.73 bits per heavy atom. The van der Waals surface area contributed by atoms with E-state index < -0.39 is 11.9 Å². The van der Waals surface area contributed by atoms with Gasteiger partial charge in [-0.1, -0.05) is 83.5 Å². The number of aromatic nitrogens is 8. The summed E-state index contributed by atoms with van der Waals surface area (Å²) in [6.45, 7) is 14.4. The van der Waals surface area contributed by atoms with E-state index >= 15 is 0 Å². The molecule has 2 aliphatic heterocycles. The van der Waals surface area contributed by atoms with Gasteiger partial charge in [0.05, 0.1) is 37.7 Å². The number of rotatable bonds is 10. The van der Waals surface area contributed by atoms with Crippen molar-refractivity contribution in [2.24, 2.45) is 5.92 Å². The predicted octanol–water partition coefficient (Wildman–Crippen LogP) is 10.6. The second-order valence-electron chi connectivity index (χ2n) is 15.4. The van der Waals surface area contributed by atoms with Crippen molar-refractivity contribution in [3.05, 3.63) is 96.6 Å². The van der Waals surface area contributed by atoms with Gasteiger partial charge in [0, 0.05) is 39.2 Å². The average Bonchev–Trinajstić information content (AvgIpc) is 3.83. The van der Waals surface area contributed by atoms with Gasteiger partial charge in [-0.25, -0.2) is 38.9 Å². The van der Waals surface area contributed by atoms with E-state index in [1.807, 2.05) is 19.9 Å². The highest BCUT2D eigenvalue weighted by Gasteiger charge is 2.33. The molecule has 336 valence electrons. The number of anilines is 1. The van der Waals surface area contributed by atoms with Crippen LogP contribution in [0.4, 0.5) is 5.82 Å². The van der Waals surface area contributed by atoms with Crippen molar-refractivity contribution in [1.29, 1.82) is 0 Å². The third kappa shape index (κ3) is 10.6.